The van der Waals surface area contributed by atoms with Gasteiger partial charge in [0.1, 0.15) is 30.5 Å². The number of allylic oxidation sites excluding steroid dienone is 1. The molecule has 4 aromatic rings. The van der Waals surface area contributed by atoms with E-state index in [4.69, 9.17) is 9.47 Å². The first-order chi connectivity index (χ1) is 17.1. The molecule has 1 atom stereocenters. The molecule has 0 aliphatic carbocycles. The van der Waals surface area contributed by atoms with Crippen molar-refractivity contribution in [2.75, 3.05) is 17.7 Å². The van der Waals surface area contributed by atoms with Crippen LogP contribution in [0.15, 0.2) is 96.5 Å². The lowest BCUT2D eigenvalue weighted by Gasteiger charge is -2.29. The highest BCUT2D eigenvalue weighted by Gasteiger charge is 2.35. The summed E-state index contributed by atoms with van der Waals surface area (Å²) in [4.78, 5) is 17.9. The molecular formula is C27H25N5O3. The van der Waals surface area contributed by atoms with Crippen molar-refractivity contribution in [2.24, 2.45) is 0 Å². The van der Waals surface area contributed by atoms with Gasteiger partial charge in [0.15, 0.2) is 0 Å². The Kier molecular flexibility index (Phi) is 6.17. The highest BCUT2D eigenvalue weighted by molar-refractivity contribution is 6.06. The summed E-state index contributed by atoms with van der Waals surface area (Å²) in [5.74, 6) is 1.70. The molecular weight excluding hydrogens is 442 g/mol. The lowest BCUT2D eigenvalue weighted by atomic mass is 9.94. The molecule has 0 saturated carbocycles. The van der Waals surface area contributed by atoms with Gasteiger partial charge in [0.2, 0.25) is 5.95 Å². The third-order valence-electron chi connectivity index (χ3n) is 5.84. The molecule has 0 unspecified atom stereocenters. The van der Waals surface area contributed by atoms with Crippen LogP contribution in [0.3, 0.4) is 0 Å². The summed E-state index contributed by atoms with van der Waals surface area (Å²) in [5, 5.41) is 10.6. The highest BCUT2D eigenvalue weighted by atomic mass is 16.5. The number of amides is 1. The number of anilines is 2. The van der Waals surface area contributed by atoms with E-state index in [9.17, 15) is 4.79 Å². The Morgan fingerprint density at radius 2 is 1.77 bits per heavy atom. The van der Waals surface area contributed by atoms with Gasteiger partial charge >= 0.3 is 0 Å². The maximum Gasteiger partial charge on any atom is 0.255 e. The second-order valence-electron chi connectivity index (χ2n) is 8.09. The Labute approximate surface area is 203 Å². The monoisotopic (exact) mass is 467 g/mol. The second-order valence-corrected chi connectivity index (χ2v) is 8.09. The average molecular weight is 468 g/mol. The number of para-hydroxylation sites is 1. The van der Waals surface area contributed by atoms with Crippen LogP contribution in [0.25, 0.3) is 0 Å². The first-order valence-corrected chi connectivity index (χ1v) is 11.2. The highest BCUT2D eigenvalue weighted by Crippen LogP contribution is 2.39. The van der Waals surface area contributed by atoms with Gasteiger partial charge < -0.3 is 20.1 Å². The molecule has 8 nitrogen and oxygen atoms in total. The molecule has 1 amide bonds. The van der Waals surface area contributed by atoms with Crippen LogP contribution in [-0.4, -0.2) is 27.8 Å². The zero-order chi connectivity index (χ0) is 24.2. The van der Waals surface area contributed by atoms with E-state index in [0.29, 0.717) is 41.0 Å². The first kappa shape index (κ1) is 22.2. The fourth-order valence-corrected chi connectivity index (χ4v) is 4.12. The van der Waals surface area contributed by atoms with Crippen LogP contribution < -0.4 is 20.1 Å². The lowest BCUT2D eigenvalue weighted by molar-refractivity contribution is -0.113. The summed E-state index contributed by atoms with van der Waals surface area (Å²) in [7, 11) is 1.60. The van der Waals surface area contributed by atoms with Crippen molar-refractivity contribution in [3.05, 3.63) is 108 Å². The molecule has 0 fully saturated rings. The molecule has 8 heteroatoms. The van der Waals surface area contributed by atoms with E-state index in [1.54, 1.807) is 36.1 Å². The molecule has 2 heterocycles. The molecule has 0 spiro atoms. The largest absolute Gasteiger partial charge is 0.497 e. The van der Waals surface area contributed by atoms with Crippen LogP contribution in [0.1, 0.15) is 24.1 Å². The summed E-state index contributed by atoms with van der Waals surface area (Å²) >= 11 is 0. The molecule has 0 bridgehead atoms. The van der Waals surface area contributed by atoms with Crippen LogP contribution >= 0.6 is 0 Å². The van der Waals surface area contributed by atoms with Crippen molar-refractivity contribution in [3.63, 3.8) is 0 Å². The van der Waals surface area contributed by atoms with E-state index >= 15 is 0 Å². The summed E-state index contributed by atoms with van der Waals surface area (Å²) in [6, 6.07) is 24.3. The smallest absolute Gasteiger partial charge is 0.255 e. The number of rotatable bonds is 7. The van der Waals surface area contributed by atoms with Gasteiger partial charge in [-0.15, -0.1) is 0 Å². The van der Waals surface area contributed by atoms with Crippen molar-refractivity contribution in [1.82, 2.24) is 14.8 Å². The van der Waals surface area contributed by atoms with Gasteiger partial charge in [0.25, 0.3) is 5.91 Å². The Morgan fingerprint density at radius 3 is 2.54 bits per heavy atom. The van der Waals surface area contributed by atoms with Crippen molar-refractivity contribution in [3.8, 4) is 11.5 Å². The maximum absolute atomic E-state index is 13.6. The first-order valence-electron chi connectivity index (χ1n) is 11.2. The number of hydrogen-bond donors (Lipinski definition) is 2. The number of methoxy groups -OCH3 is 1. The predicted molar refractivity (Wildman–Crippen MR) is 133 cm³/mol. The number of carbonyl (C=O) groups is 1. The summed E-state index contributed by atoms with van der Waals surface area (Å²) in [5.41, 5.74) is 3.75. The number of hydrogen-bond acceptors (Lipinski definition) is 6. The standard InChI is InChI=1S/C27H25N5O3/c1-18-24(26(33)31-20-12-14-21(34-2)15-13-20)25(32-27(30-18)28-17-29-32)22-10-6-7-11-23(22)35-16-19-8-4-3-5-9-19/h3-15,17,25H,16H2,1-2H3,(H,31,33)(H,28,29,30)/t25-/m0/s1. The average Bonchev–Trinajstić information content (AvgIpc) is 3.36. The summed E-state index contributed by atoms with van der Waals surface area (Å²) in [6.07, 6.45) is 1.47. The molecule has 0 radical (unpaired) electrons. The van der Waals surface area contributed by atoms with Gasteiger partial charge in [0.05, 0.1) is 12.7 Å². The van der Waals surface area contributed by atoms with Crippen LogP contribution in [0.5, 0.6) is 11.5 Å². The van der Waals surface area contributed by atoms with E-state index in [-0.39, 0.29) is 5.91 Å². The normalized spacial score (nSPS) is 14.6. The second kappa shape index (κ2) is 9.72. The Morgan fingerprint density at radius 1 is 1.03 bits per heavy atom. The van der Waals surface area contributed by atoms with Crippen molar-refractivity contribution in [1.29, 1.82) is 0 Å². The fraction of sp³-hybridized carbons (Fsp3) is 0.148. The summed E-state index contributed by atoms with van der Waals surface area (Å²) in [6.45, 7) is 2.27. The number of carbonyl (C=O) groups excluding carboxylic acids is 1. The number of benzene rings is 3. The topological polar surface area (TPSA) is 90.3 Å². The van der Waals surface area contributed by atoms with E-state index in [1.165, 1.54) is 6.33 Å². The van der Waals surface area contributed by atoms with E-state index in [0.717, 1.165) is 11.1 Å². The number of aromatic nitrogens is 3. The number of nitrogens with one attached hydrogen (secondary N) is 2. The van der Waals surface area contributed by atoms with Gasteiger partial charge in [0, 0.05) is 16.9 Å². The SMILES string of the molecule is COc1ccc(NC(=O)C2=C(C)Nc3ncnn3[C@H]2c2ccccc2OCc2ccccc2)cc1. The number of nitrogens with zero attached hydrogens (tertiary/aromatic N) is 3. The Hall–Kier alpha value is -4.59. The number of fused-ring (bicyclic) bond motifs is 1. The van der Waals surface area contributed by atoms with Gasteiger partial charge in [-0.3, -0.25) is 4.79 Å². The van der Waals surface area contributed by atoms with E-state index in [1.807, 2.05) is 61.5 Å². The molecule has 35 heavy (non-hydrogen) atoms. The van der Waals surface area contributed by atoms with E-state index < -0.39 is 6.04 Å². The van der Waals surface area contributed by atoms with Gasteiger partial charge in [-0.05, 0) is 42.8 Å². The van der Waals surface area contributed by atoms with E-state index in [2.05, 4.69) is 20.7 Å². The minimum atomic E-state index is -0.529. The van der Waals surface area contributed by atoms with Crippen LogP contribution in [0.4, 0.5) is 11.6 Å². The van der Waals surface area contributed by atoms with Crippen LogP contribution in [0.2, 0.25) is 0 Å². The zero-order valence-corrected chi connectivity index (χ0v) is 19.4. The van der Waals surface area contributed by atoms with Gasteiger partial charge in [-0.1, -0.05) is 48.5 Å². The van der Waals surface area contributed by atoms with Crippen molar-refractivity contribution >= 4 is 17.5 Å². The third kappa shape index (κ3) is 4.59. The predicted octanol–water partition coefficient (Wildman–Crippen LogP) is 4.79. The molecule has 2 N–H and O–H groups in total. The third-order valence-corrected chi connectivity index (χ3v) is 5.84. The minimum Gasteiger partial charge on any atom is -0.497 e. The molecule has 0 saturated heterocycles. The fourth-order valence-electron chi connectivity index (χ4n) is 4.12. The minimum absolute atomic E-state index is 0.246. The van der Waals surface area contributed by atoms with Crippen LogP contribution in [-0.2, 0) is 11.4 Å². The van der Waals surface area contributed by atoms with Crippen molar-refractivity contribution < 1.29 is 14.3 Å². The van der Waals surface area contributed by atoms with Gasteiger partial charge in [-0.2, -0.15) is 10.1 Å². The summed E-state index contributed by atoms with van der Waals surface area (Å²) < 4.78 is 13.2. The van der Waals surface area contributed by atoms with Crippen molar-refractivity contribution in [2.45, 2.75) is 19.6 Å². The molecule has 176 valence electrons. The molecule has 1 aliphatic rings. The maximum atomic E-state index is 13.6. The lowest BCUT2D eigenvalue weighted by Crippen LogP contribution is -2.31. The molecule has 3 aromatic carbocycles. The quantitative estimate of drug-likeness (QED) is 0.406. The number of ether oxygens (including phenoxy) is 2. The Bertz CT molecular complexity index is 1360. The zero-order valence-electron chi connectivity index (χ0n) is 19.4. The molecule has 5 rings (SSSR count). The van der Waals surface area contributed by atoms with Gasteiger partial charge in [-0.25, -0.2) is 4.68 Å². The molecule has 1 aliphatic heterocycles. The Balaban J connectivity index is 1.50. The van der Waals surface area contributed by atoms with Crippen LogP contribution in [0, 0.1) is 0 Å². The molecule has 1 aromatic heterocycles.